The van der Waals surface area contributed by atoms with Crippen molar-refractivity contribution in [2.24, 2.45) is 0 Å². The molecule has 11 heteroatoms. The average Bonchev–Trinajstić information content (AvgIpc) is 2.82. The van der Waals surface area contributed by atoms with Crippen molar-refractivity contribution in [1.82, 2.24) is 10.3 Å². The molecule has 0 saturated heterocycles. The number of hydrogen-bond acceptors (Lipinski definition) is 3. The fraction of sp³-hybridized carbons (Fsp3) is 0.333. The molecule has 2 unspecified atom stereocenters. The van der Waals surface area contributed by atoms with E-state index in [0.717, 1.165) is 29.8 Å². The van der Waals surface area contributed by atoms with Crippen molar-refractivity contribution in [2.75, 3.05) is 0 Å². The van der Waals surface area contributed by atoms with Crippen molar-refractivity contribution in [2.45, 2.75) is 57.1 Å². The van der Waals surface area contributed by atoms with Gasteiger partial charge in [-0.2, -0.15) is 26.3 Å². The highest BCUT2D eigenvalue weighted by Gasteiger charge is 2.36. The summed E-state index contributed by atoms with van der Waals surface area (Å²) in [6.07, 6.45) is -8.22. The van der Waals surface area contributed by atoms with Gasteiger partial charge in [0, 0.05) is 29.2 Å². The molecule has 4 nitrogen and oxygen atoms in total. The summed E-state index contributed by atoms with van der Waals surface area (Å²) < 4.78 is 84.1. The molecule has 3 rings (SSSR count). The fourth-order valence-corrected chi connectivity index (χ4v) is 3.93. The molecule has 1 heterocycles. The Hall–Kier alpha value is -3.27. The summed E-state index contributed by atoms with van der Waals surface area (Å²) in [5, 5.41) is 3.29. The number of nitrogens with one attached hydrogen (secondary N) is 1. The fourth-order valence-electron chi connectivity index (χ4n) is 3.80. The number of alkyl halides is 6. The second-order valence-corrected chi connectivity index (χ2v) is 9.75. The van der Waals surface area contributed by atoms with E-state index in [0.29, 0.717) is 23.2 Å². The summed E-state index contributed by atoms with van der Waals surface area (Å²) in [6.45, 7) is 4.48. The second kappa shape index (κ2) is 11.2. The van der Waals surface area contributed by atoms with Crippen LogP contribution in [0.5, 0.6) is 5.88 Å². The van der Waals surface area contributed by atoms with Gasteiger partial charge in [-0.15, -0.1) is 0 Å². The maximum atomic E-state index is 13.4. The summed E-state index contributed by atoms with van der Waals surface area (Å²) in [5.74, 6) is -1.39. The highest BCUT2D eigenvalue weighted by molar-refractivity contribution is 6.30. The summed E-state index contributed by atoms with van der Waals surface area (Å²) in [5.41, 5.74) is -2.17. The molecule has 0 radical (unpaired) electrons. The molecule has 1 N–H and O–H groups in total. The van der Waals surface area contributed by atoms with Gasteiger partial charge in [0.15, 0.2) is 5.60 Å². The van der Waals surface area contributed by atoms with Gasteiger partial charge in [-0.1, -0.05) is 41.9 Å². The number of aromatic nitrogens is 1. The van der Waals surface area contributed by atoms with E-state index in [-0.39, 0.29) is 5.88 Å². The van der Waals surface area contributed by atoms with Crippen LogP contribution in [0.3, 0.4) is 0 Å². The van der Waals surface area contributed by atoms with E-state index in [2.05, 4.69) is 10.3 Å². The van der Waals surface area contributed by atoms with Crippen LogP contribution in [0.2, 0.25) is 5.02 Å². The Balaban J connectivity index is 1.83. The Labute approximate surface area is 221 Å². The minimum atomic E-state index is -4.57. The molecule has 0 bridgehead atoms. The molecule has 2 atom stereocenters. The lowest BCUT2D eigenvalue weighted by molar-refractivity contribution is -0.138. The minimum Gasteiger partial charge on any atom is -0.462 e. The van der Waals surface area contributed by atoms with Crippen molar-refractivity contribution in [3.8, 4) is 5.88 Å². The highest BCUT2D eigenvalue weighted by Crippen LogP contribution is 2.34. The third-order valence-corrected chi connectivity index (χ3v) is 6.20. The lowest BCUT2D eigenvalue weighted by atomic mass is 9.85. The normalized spacial score (nSPS) is 14.1. The zero-order chi connectivity index (χ0) is 28.3. The Bertz CT molecular complexity index is 1240. The zero-order valence-electron chi connectivity index (χ0n) is 20.6. The number of carbonyl (C=O) groups excluding carboxylic acids is 1. The second-order valence-electron chi connectivity index (χ2n) is 9.32. The first-order valence-electron chi connectivity index (χ1n) is 11.5. The van der Waals surface area contributed by atoms with Gasteiger partial charge < -0.3 is 10.1 Å². The Morgan fingerprint density at radius 3 is 2.13 bits per heavy atom. The first kappa shape index (κ1) is 29.3. The highest BCUT2D eigenvalue weighted by atomic mass is 35.5. The van der Waals surface area contributed by atoms with Gasteiger partial charge in [-0.05, 0) is 62.6 Å². The molecule has 0 aliphatic heterocycles. The maximum Gasteiger partial charge on any atom is 0.417 e. The molecule has 0 spiro atoms. The van der Waals surface area contributed by atoms with E-state index in [1.165, 1.54) is 19.9 Å². The molecule has 0 saturated carbocycles. The van der Waals surface area contributed by atoms with Crippen molar-refractivity contribution in [3.05, 3.63) is 94.1 Å². The Morgan fingerprint density at radius 2 is 1.58 bits per heavy atom. The average molecular weight is 559 g/mol. The van der Waals surface area contributed by atoms with E-state index in [4.69, 9.17) is 16.3 Å². The molecular formula is C27H25ClF6N2O2. The summed E-state index contributed by atoms with van der Waals surface area (Å²) >= 11 is 5.96. The summed E-state index contributed by atoms with van der Waals surface area (Å²) in [6, 6.07) is 12.9. The molecule has 2 aromatic carbocycles. The SMILES string of the molecule is CC(NC(=O)C(C)(C)Oc1ccc(C(F)(F)F)cn1)C(Cc1ccc(Cl)cc1)c1cccc(C(F)(F)F)c1. The van der Waals surface area contributed by atoms with Crippen molar-refractivity contribution in [1.29, 1.82) is 0 Å². The first-order chi connectivity index (χ1) is 17.6. The topological polar surface area (TPSA) is 51.2 Å². The van der Waals surface area contributed by atoms with Crippen LogP contribution in [0.15, 0.2) is 66.9 Å². The number of carbonyl (C=O) groups is 1. The van der Waals surface area contributed by atoms with E-state index in [9.17, 15) is 31.1 Å². The van der Waals surface area contributed by atoms with Crippen molar-refractivity contribution < 1.29 is 35.9 Å². The number of pyridine rings is 1. The largest absolute Gasteiger partial charge is 0.462 e. The predicted molar refractivity (Wildman–Crippen MR) is 131 cm³/mol. The number of hydrogen-bond donors (Lipinski definition) is 1. The third kappa shape index (κ3) is 7.63. The molecule has 38 heavy (non-hydrogen) atoms. The van der Waals surface area contributed by atoms with Gasteiger partial charge >= 0.3 is 12.4 Å². The smallest absolute Gasteiger partial charge is 0.417 e. The number of nitrogens with zero attached hydrogens (tertiary/aromatic N) is 1. The number of halogens is 7. The molecular weight excluding hydrogens is 534 g/mol. The van der Waals surface area contributed by atoms with Crippen LogP contribution in [0.25, 0.3) is 0 Å². The third-order valence-electron chi connectivity index (χ3n) is 5.94. The monoisotopic (exact) mass is 558 g/mol. The van der Waals surface area contributed by atoms with Crippen LogP contribution in [0.4, 0.5) is 26.3 Å². The van der Waals surface area contributed by atoms with Crippen LogP contribution in [-0.2, 0) is 23.6 Å². The zero-order valence-corrected chi connectivity index (χ0v) is 21.4. The standard InChI is InChI=1S/C27H25ClF6N2O2/c1-16(36-24(37)25(2,3)38-23-12-9-20(15-35-23)27(32,33)34)22(13-17-7-10-21(28)11-8-17)18-5-4-6-19(14-18)26(29,30)31/h4-12,14-16,22H,13H2,1-3H3,(H,36,37). The predicted octanol–water partition coefficient (Wildman–Crippen LogP) is 7.46. The number of benzene rings is 2. The van der Waals surface area contributed by atoms with Crippen molar-refractivity contribution >= 4 is 17.5 Å². The minimum absolute atomic E-state index is 0.193. The first-order valence-corrected chi connectivity index (χ1v) is 11.9. The molecule has 0 aliphatic carbocycles. The van der Waals surface area contributed by atoms with Gasteiger partial charge in [0.25, 0.3) is 5.91 Å². The lowest BCUT2D eigenvalue weighted by Gasteiger charge is -2.31. The molecule has 0 aliphatic rings. The maximum absolute atomic E-state index is 13.4. The molecule has 204 valence electrons. The molecule has 0 fully saturated rings. The van der Waals surface area contributed by atoms with Crippen LogP contribution < -0.4 is 10.1 Å². The lowest BCUT2D eigenvalue weighted by Crippen LogP contribution is -2.51. The summed E-state index contributed by atoms with van der Waals surface area (Å²) in [4.78, 5) is 16.8. The van der Waals surface area contributed by atoms with Gasteiger partial charge in [0.1, 0.15) is 0 Å². The molecule has 1 aromatic heterocycles. The summed E-state index contributed by atoms with van der Waals surface area (Å²) in [7, 11) is 0. The van der Waals surface area contributed by atoms with E-state index in [1.807, 2.05) is 0 Å². The van der Waals surface area contributed by atoms with E-state index >= 15 is 0 Å². The van der Waals surface area contributed by atoms with Crippen LogP contribution in [-0.4, -0.2) is 22.5 Å². The Morgan fingerprint density at radius 1 is 0.947 bits per heavy atom. The van der Waals surface area contributed by atoms with E-state index in [1.54, 1.807) is 37.3 Å². The van der Waals surface area contributed by atoms with Gasteiger partial charge in [-0.3, -0.25) is 4.79 Å². The quantitative estimate of drug-likeness (QED) is 0.292. The van der Waals surface area contributed by atoms with Gasteiger partial charge in [-0.25, -0.2) is 4.98 Å². The molecule has 3 aromatic rings. The van der Waals surface area contributed by atoms with Crippen LogP contribution in [0.1, 0.15) is 48.9 Å². The Kier molecular flexibility index (Phi) is 8.65. The number of ether oxygens (including phenoxy) is 1. The van der Waals surface area contributed by atoms with Crippen LogP contribution in [0, 0.1) is 0 Å². The molecule has 1 amide bonds. The number of amides is 1. The van der Waals surface area contributed by atoms with Gasteiger partial charge in [0.05, 0.1) is 11.1 Å². The van der Waals surface area contributed by atoms with Crippen LogP contribution >= 0.6 is 11.6 Å². The van der Waals surface area contributed by atoms with Gasteiger partial charge in [0.2, 0.25) is 5.88 Å². The van der Waals surface area contributed by atoms with E-state index < -0.39 is 46.9 Å². The van der Waals surface area contributed by atoms with Crippen molar-refractivity contribution in [3.63, 3.8) is 0 Å². The number of rotatable bonds is 8.